The topological polar surface area (TPSA) is 215 Å². The van der Waals surface area contributed by atoms with Crippen molar-refractivity contribution in [3.8, 4) is 0 Å². The van der Waals surface area contributed by atoms with Gasteiger partial charge in [-0.1, -0.05) is 47.6 Å². The summed E-state index contributed by atoms with van der Waals surface area (Å²) in [5, 5.41) is 9.71. The standard InChI is InChI=1S/C37H59N5O12SSi2/c1-23-18-41(28-15-14-25(20-43)51-28)33(46)39(30(23)44)16-13-17-40-31(45)24(2)19-42(34(40)47)32-29(53-57(11,12)36(6,7)8)37(26(38)22-55(48,49)54-37)27(52-32)21-50-56(9,10)35(3,4)5/h14-15,18-19,22,25,27-29,32,43H,13,16-17,20-21,38H2,1-12H3/t25?,27-,28?,29+,32-,37?/m1/s1. The minimum Gasteiger partial charge on any atom is -0.414 e. The molecule has 0 amide bonds. The lowest BCUT2D eigenvalue weighted by Crippen LogP contribution is -2.59. The van der Waals surface area contributed by atoms with Crippen molar-refractivity contribution in [1.82, 2.24) is 18.3 Å². The highest BCUT2D eigenvalue weighted by Gasteiger charge is 2.67. The Morgan fingerprint density at radius 2 is 1.37 bits per heavy atom. The number of aliphatic hydroxyl groups is 1. The van der Waals surface area contributed by atoms with Gasteiger partial charge in [0.25, 0.3) is 21.2 Å². The predicted octanol–water partition coefficient (Wildman–Crippen LogP) is 2.69. The van der Waals surface area contributed by atoms with Crippen molar-refractivity contribution in [1.29, 1.82) is 0 Å². The van der Waals surface area contributed by atoms with E-state index < -0.39 is 90.7 Å². The van der Waals surface area contributed by atoms with Crippen LogP contribution in [0.15, 0.2) is 54.8 Å². The van der Waals surface area contributed by atoms with Gasteiger partial charge in [0.15, 0.2) is 34.7 Å². The molecule has 5 rings (SSSR count). The molecule has 0 aliphatic carbocycles. The molecule has 0 saturated carbocycles. The number of aliphatic hydroxyl groups excluding tert-OH is 1. The molecule has 5 heterocycles. The van der Waals surface area contributed by atoms with E-state index in [4.69, 9.17) is 28.2 Å². The van der Waals surface area contributed by atoms with Gasteiger partial charge in [0, 0.05) is 36.6 Å². The zero-order chi connectivity index (χ0) is 42.8. The highest BCUT2D eigenvalue weighted by Crippen LogP contribution is 2.52. The molecular weight excluding hydrogens is 795 g/mol. The van der Waals surface area contributed by atoms with E-state index >= 15 is 0 Å². The number of nitrogens with zero attached hydrogens (tertiary/aromatic N) is 4. The minimum absolute atomic E-state index is 0.0250. The van der Waals surface area contributed by atoms with Crippen molar-refractivity contribution in [2.45, 2.75) is 148 Å². The van der Waals surface area contributed by atoms with E-state index in [1.165, 1.54) is 28.5 Å². The fraction of sp³-hybridized carbons (Fsp3) is 0.676. The van der Waals surface area contributed by atoms with Crippen LogP contribution in [0.2, 0.25) is 36.3 Å². The van der Waals surface area contributed by atoms with E-state index in [1.807, 2.05) is 47.0 Å². The SMILES string of the molecule is Cc1cn(C2C=CC(CO)O2)c(=O)n(CCCn2c(=O)c(C)cn([C@@H]3O[C@H](CO[Si](C)(C)C(C)(C)C)C4(OS(=O)(=O)C=C4N)[C@H]3O[Si](C)(C)C(C)(C)C)c2=O)c1=O. The maximum Gasteiger partial charge on any atom is 0.333 e. The third-order valence-electron chi connectivity index (χ3n) is 12.1. The summed E-state index contributed by atoms with van der Waals surface area (Å²) in [4.78, 5) is 54.8. The van der Waals surface area contributed by atoms with Crippen LogP contribution in [-0.2, 0) is 45.7 Å². The molecule has 6 atom stereocenters. The lowest BCUT2D eigenvalue weighted by molar-refractivity contribution is -0.0567. The van der Waals surface area contributed by atoms with Gasteiger partial charge in [0.2, 0.25) is 0 Å². The Morgan fingerprint density at radius 3 is 1.84 bits per heavy atom. The van der Waals surface area contributed by atoms with Crippen LogP contribution in [0, 0.1) is 13.8 Å². The quantitative estimate of drug-likeness (QED) is 0.179. The highest BCUT2D eigenvalue weighted by molar-refractivity contribution is 7.90. The Labute approximate surface area is 335 Å². The van der Waals surface area contributed by atoms with Gasteiger partial charge in [0.1, 0.15) is 18.3 Å². The first-order chi connectivity index (χ1) is 26.1. The zero-order valence-electron chi connectivity index (χ0n) is 35.0. The van der Waals surface area contributed by atoms with Crippen molar-refractivity contribution < 1.29 is 36.0 Å². The van der Waals surface area contributed by atoms with Crippen molar-refractivity contribution in [2.75, 3.05) is 13.2 Å². The number of aromatic nitrogens is 4. The normalized spacial score (nSPS) is 26.5. The number of ether oxygens (including phenoxy) is 2. The second kappa shape index (κ2) is 15.4. The summed E-state index contributed by atoms with van der Waals surface area (Å²) in [6.45, 7) is 22.6. The molecule has 1 fully saturated rings. The average molecular weight is 854 g/mol. The van der Waals surface area contributed by atoms with Gasteiger partial charge in [-0.3, -0.25) is 27.9 Å². The van der Waals surface area contributed by atoms with E-state index in [9.17, 15) is 32.7 Å². The third-order valence-corrected chi connectivity index (χ3v) is 22.1. The maximum atomic E-state index is 14.5. The van der Waals surface area contributed by atoms with Gasteiger partial charge in [-0.15, -0.1) is 0 Å². The third kappa shape index (κ3) is 8.34. The monoisotopic (exact) mass is 853 g/mol. The van der Waals surface area contributed by atoms with Crippen molar-refractivity contribution in [2.24, 2.45) is 5.73 Å². The molecule has 1 spiro atoms. The predicted molar refractivity (Wildman–Crippen MR) is 218 cm³/mol. The van der Waals surface area contributed by atoms with Crippen LogP contribution in [0.3, 0.4) is 0 Å². The molecular formula is C37H59N5O12SSi2. The molecule has 0 bridgehead atoms. The lowest BCUT2D eigenvalue weighted by Gasteiger charge is -2.43. The molecule has 17 nitrogen and oxygen atoms in total. The molecule has 0 aromatic carbocycles. The Morgan fingerprint density at radius 1 is 0.842 bits per heavy atom. The molecule has 318 valence electrons. The maximum absolute atomic E-state index is 14.5. The second-order valence-electron chi connectivity index (χ2n) is 18.2. The average Bonchev–Trinajstić information content (AvgIpc) is 3.75. The summed E-state index contributed by atoms with van der Waals surface area (Å²) in [6.07, 6.45) is 0.795. The summed E-state index contributed by atoms with van der Waals surface area (Å²) >= 11 is 0. The number of rotatable bonds is 12. The van der Waals surface area contributed by atoms with E-state index in [2.05, 4.69) is 20.8 Å². The number of nitrogens with two attached hydrogens (primary N) is 1. The van der Waals surface area contributed by atoms with Crippen LogP contribution in [0.4, 0.5) is 0 Å². The molecule has 57 heavy (non-hydrogen) atoms. The largest absolute Gasteiger partial charge is 0.414 e. The van der Waals surface area contributed by atoms with Gasteiger partial charge < -0.3 is 29.2 Å². The Balaban J connectivity index is 1.57. The summed E-state index contributed by atoms with van der Waals surface area (Å²) in [5.41, 5.74) is 2.38. The molecule has 20 heteroatoms. The molecule has 3 aliphatic rings. The molecule has 3 aliphatic heterocycles. The van der Waals surface area contributed by atoms with Gasteiger partial charge in [0.05, 0.1) is 24.3 Å². The van der Waals surface area contributed by atoms with Crippen molar-refractivity contribution >= 4 is 26.8 Å². The van der Waals surface area contributed by atoms with Crippen LogP contribution in [0.25, 0.3) is 0 Å². The van der Waals surface area contributed by atoms with Crippen molar-refractivity contribution in [3.05, 3.63) is 88.5 Å². The Hall–Kier alpha value is -3.22. The molecule has 0 radical (unpaired) electrons. The summed E-state index contributed by atoms with van der Waals surface area (Å²) in [6, 6.07) is 0. The van der Waals surface area contributed by atoms with E-state index in [1.54, 1.807) is 19.1 Å². The Bertz CT molecular complexity index is 2300. The van der Waals surface area contributed by atoms with Crippen LogP contribution in [-0.4, -0.2) is 85.6 Å². The first-order valence-electron chi connectivity index (χ1n) is 19.1. The highest BCUT2D eigenvalue weighted by atomic mass is 32.2. The second-order valence-corrected chi connectivity index (χ2v) is 29.2. The van der Waals surface area contributed by atoms with Crippen LogP contribution >= 0.6 is 0 Å². The molecule has 3 N–H and O–H groups in total. The fourth-order valence-electron chi connectivity index (χ4n) is 6.63. The van der Waals surface area contributed by atoms with Gasteiger partial charge in [-0.05, 0) is 62.6 Å². The smallest absolute Gasteiger partial charge is 0.333 e. The van der Waals surface area contributed by atoms with Crippen LogP contribution < -0.4 is 28.2 Å². The Kier molecular flexibility index (Phi) is 12.1. The minimum atomic E-state index is -4.32. The van der Waals surface area contributed by atoms with Crippen molar-refractivity contribution in [3.63, 3.8) is 0 Å². The summed E-state index contributed by atoms with van der Waals surface area (Å²) in [7, 11) is -9.61. The number of hydrogen-bond donors (Lipinski definition) is 2. The fourth-order valence-corrected chi connectivity index (χ4v) is 10.1. The van der Waals surface area contributed by atoms with Gasteiger partial charge in [-0.2, -0.15) is 8.42 Å². The van der Waals surface area contributed by atoms with E-state index in [-0.39, 0.29) is 54.6 Å². The molecule has 2 aromatic heterocycles. The molecule has 3 unspecified atom stereocenters. The van der Waals surface area contributed by atoms with Crippen LogP contribution in [0.1, 0.15) is 71.5 Å². The van der Waals surface area contributed by atoms with E-state index in [0.29, 0.717) is 0 Å². The van der Waals surface area contributed by atoms with Crippen LogP contribution in [0.5, 0.6) is 0 Å². The first-order valence-corrected chi connectivity index (χ1v) is 26.4. The first kappa shape index (κ1) is 44.9. The number of aryl methyl sites for hydroxylation is 2. The molecule has 2 aromatic rings. The summed E-state index contributed by atoms with van der Waals surface area (Å²) < 4.78 is 62.7. The zero-order valence-corrected chi connectivity index (χ0v) is 37.8. The van der Waals surface area contributed by atoms with Gasteiger partial charge >= 0.3 is 11.4 Å². The van der Waals surface area contributed by atoms with E-state index in [0.717, 1.165) is 14.5 Å². The van der Waals surface area contributed by atoms with Gasteiger partial charge in [-0.25, -0.2) is 13.8 Å². The lowest BCUT2D eigenvalue weighted by atomic mass is 9.89. The molecule has 1 saturated heterocycles. The number of hydrogen-bond acceptors (Lipinski definition) is 13. The summed E-state index contributed by atoms with van der Waals surface area (Å²) in [5.74, 6) is 0.